The standard InChI is InChI=1S/C16H19FN2O3/c1-3-19(14-8-22-9-15(14)20)16(21)13-7-10-6-11(17)4-5-12(10)18(13)2/h4-7,14-15,20H,3,8-9H2,1-2H3/t14-,15-/m0/s1. The SMILES string of the molecule is CCN(C(=O)c1cc2cc(F)ccc2n1C)[C@H]1COC[C@@H]1O. The van der Waals surface area contributed by atoms with E-state index in [1.807, 2.05) is 6.92 Å². The van der Waals surface area contributed by atoms with Gasteiger partial charge in [-0.05, 0) is 31.2 Å². The first kappa shape index (κ1) is 15.0. The molecule has 1 aliphatic rings. The molecule has 0 bridgehead atoms. The number of likely N-dealkylation sites (N-methyl/N-ethyl adjacent to an activating group) is 1. The normalized spacial score (nSPS) is 21.5. The fourth-order valence-electron chi connectivity index (χ4n) is 3.03. The van der Waals surface area contributed by atoms with Crippen LogP contribution in [0.1, 0.15) is 17.4 Å². The van der Waals surface area contributed by atoms with Gasteiger partial charge in [-0.25, -0.2) is 4.39 Å². The van der Waals surface area contributed by atoms with Gasteiger partial charge in [0, 0.05) is 24.5 Å². The number of aliphatic hydroxyl groups excluding tert-OH is 1. The number of hydrogen-bond donors (Lipinski definition) is 1. The molecule has 1 saturated heterocycles. The maximum atomic E-state index is 13.3. The van der Waals surface area contributed by atoms with E-state index in [0.29, 0.717) is 24.2 Å². The third kappa shape index (κ3) is 2.38. The van der Waals surface area contributed by atoms with E-state index in [9.17, 15) is 14.3 Å². The van der Waals surface area contributed by atoms with Crippen molar-refractivity contribution >= 4 is 16.8 Å². The monoisotopic (exact) mass is 306 g/mol. The highest BCUT2D eigenvalue weighted by molar-refractivity contribution is 5.99. The van der Waals surface area contributed by atoms with Crippen LogP contribution in [0.3, 0.4) is 0 Å². The van der Waals surface area contributed by atoms with Gasteiger partial charge < -0.3 is 19.3 Å². The molecule has 2 aromatic rings. The van der Waals surface area contributed by atoms with Gasteiger partial charge in [0.05, 0.1) is 25.4 Å². The Kier molecular flexibility index (Phi) is 3.88. The van der Waals surface area contributed by atoms with Crippen molar-refractivity contribution in [1.82, 2.24) is 9.47 Å². The molecular weight excluding hydrogens is 287 g/mol. The minimum absolute atomic E-state index is 0.184. The van der Waals surface area contributed by atoms with Gasteiger partial charge in [0.1, 0.15) is 11.5 Å². The van der Waals surface area contributed by atoms with E-state index in [0.717, 1.165) is 5.52 Å². The van der Waals surface area contributed by atoms with E-state index in [1.165, 1.54) is 12.1 Å². The molecular formula is C16H19FN2O3. The van der Waals surface area contributed by atoms with Gasteiger partial charge in [-0.2, -0.15) is 0 Å². The van der Waals surface area contributed by atoms with Crippen LogP contribution in [0.4, 0.5) is 4.39 Å². The predicted octanol–water partition coefficient (Wildman–Crippen LogP) is 1.54. The molecule has 1 aromatic heterocycles. The number of carbonyl (C=O) groups excluding carboxylic acids is 1. The quantitative estimate of drug-likeness (QED) is 0.936. The van der Waals surface area contributed by atoms with E-state index in [4.69, 9.17) is 4.74 Å². The van der Waals surface area contributed by atoms with Crippen molar-refractivity contribution in [3.05, 3.63) is 35.8 Å². The summed E-state index contributed by atoms with van der Waals surface area (Å²) in [4.78, 5) is 14.4. The average Bonchev–Trinajstić information content (AvgIpc) is 3.04. The first-order chi connectivity index (χ1) is 10.5. The number of amides is 1. The molecule has 22 heavy (non-hydrogen) atoms. The number of nitrogens with zero attached hydrogens (tertiary/aromatic N) is 2. The van der Waals surface area contributed by atoms with Crippen LogP contribution < -0.4 is 0 Å². The zero-order valence-electron chi connectivity index (χ0n) is 12.6. The molecule has 1 fully saturated rings. The molecule has 3 rings (SSSR count). The Morgan fingerprint density at radius 1 is 1.45 bits per heavy atom. The van der Waals surface area contributed by atoms with Crippen LogP contribution in [0.25, 0.3) is 10.9 Å². The number of halogens is 1. The third-order valence-electron chi connectivity index (χ3n) is 4.25. The van der Waals surface area contributed by atoms with Crippen molar-refractivity contribution in [3.63, 3.8) is 0 Å². The second-order valence-electron chi connectivity index (χ2n) is 5.56. The van der Waals surface area contributed by atoms with E-state index in [2.05, 4.69) is 0 Å². The Morgan fingerprint density at radius 3 is 2.86 bits per heavy atom. The van der Waals surface area contributed by atoms with Crippen LogP contribution in [-0.2, 0) is 11.8 Å². The minimum Gasteiger partial charge on any atom is -0.388 e. The molecule has 2 atom stereocenters. The second kappa shape index (κ2) is 5.70. The molecule has 1 N–H and O–H groups in total. The summed E-state index contributed by atoms with van der Waals surface area (Å²) in [5.74, 6) is -0.514. The number of benzene rings is 1. The summed E-state index contributed by atoms with van der Waals surface area (Å²) >= 11 is 0. The first-order valence-corrected chi connectivity index (χ1v) is 7.34. The summed E-state index contributed by atoms with van der Waals surface area (Å²) in [6.45, 7) is 2.92. The van der Waals surface area contributed by atoms with Crippen molar-refractivity contribution in [2.24, 2.45) is 7.05 Å². The Balaban J connectivity index is 1.98. The van der Waals surface area contributed by atoms with Crippen molar-refractivity contribution in [1.29, 1.82) is 0 Å². The molecule has 0 saturated carbocycles. The number of hydrogen-bond acceptors (Lipinski definition) is 3. The van der Waals surface area contributed by atoms with Gasteiger partial charge in [-0.3, -0.25) is 4.79 Å². The lowest BCUT2D eigenvalue weighted by molar-refractivity contribution is 0.0512. The van der Waals surface area contributed by atoms with Crippen LogP contribution in [0.2, 0.25) is 0 Å². The van der Waals surface area contributed by atoms with Gasteiger partial charge >= 0.3 is 0 Å². The van der Waals surface area contributed by atoms with Crippen LogP contribution in [0.15, 0.2) is 24.3 Å². The van der Waals surface area contributed by atoms with Crippen molar-refractivity contribution < 1.29 is 19.0 Å². The molecule has 1 amide bonds. The number of aliphatic hydroxyl groups is 1. The number of fused-ring (bicyclic) bond motifs is 1. The predicted molar refractivity (Wildman–Crippen MR) is 80.2 cm³/mol. The lowest BCUT2D eigenvalue weighted by Gasteiger charge is -2.28. The smallest absolute Gasteiger partial charge is 0.270 e. The molecule has 2 heterocycles. The highest BCUT2D eigenvalue weighted by atomic mass is 19.1. The summed E-state index contributed by atoms with van der Waals surface area (Å²) in [5.41, 5.74) is 1.27. The van der Waals surface area contributed by atoms with Crippen LogP contribution in [-0.4, -0.2) is 52.4 Å². The van der Waals surface area contributed by atoms with Gasteiger partial charge in [-0.15, -0.1) is 0 Å². The lowest BCUT2D eigenvalue weighted by Crippen LogP contribution is -2.46. The molecule has 1 aromatic carbocycles. The maximum absolute atomic E-state index is 13.3. The molecule has 0 unspecified atom stereocenters. The summed E-state index contributed by atoms with van der Waals surface area (Å²) in [5, 5.41) is 10.6. The number of aryl methyl sites for hydroxylation is 1. The average molecular weight is 306 g/mol. The van der Waals surface area contributed by atoms with Gasteiger partial charge in [-0.1, -0.05) is 0 Å². The summed E-state index contributed by atoms with van der Waals surface area (Å²) < 4.78 is 20.3. The second-order valence-corrected chi connectivity index (χ2v) is 5.56. The molecule has 6 heteroatoms. The fraction of sp³-hybridized carbons (Fsp3) is 0.438. The lowest BCUT2D eigenvalue weighted by atomic mass is 10.1. The number of aromatic nitrogens is 1. The molecule has 118 valence electrons. The molecule has 0 radical (unpaired) electrons. The number of carbonyl (C=O) groups is 1. The summed E-state index contributed by atoms with van der Waals surface area (Å²) in [6, 6.07) is 5.79. The number of rotatable bonds is 3. The van der Waals surface area contributed by atoms with Crippen molar-refractivity contribution in [2.45, 2.75) is 19.1 Å². The maximum Gasteiger partial charge on any atom is 0.270 e. The Morgan fingerprint density at radius 2 is 2.23 bits per heavy atom. The van der Waals surface area contributed by atoms with E-state index >= 15 is 0 Å². The van der Waals surface area contributed by atoms with Crippen LogP contribution in [0, 0.1) is 5.82 Å². The van der Waals surface area contributed by atoms with E-state index < -0.39 is 6.10 Å². The third-order valence-corrected chi connectivity index (χ3v) is 4.25. The highest BCUT2D eigenvalue weighted by Gasteiger charge is 2.35. The van der Waals surface area contributed by atoms with Crippen molar-refractivity contribution in [2.75, 3.05) is 19.8 Å². The van der Waals surface area contributed by atoms with Crippen LogP contribution in [0.5, 0.6) is 0 Å². The topological polar surface area (TPSA) is 54.7 Å². The Hall–Kier alpha value is -1.92. The number of ether oxygens (including phenoxy) is 1. The molecule has 1 aliphatic heterocycles. The zero-order valence-corrected chi connectivity index (χ0v) is 12.6. The first-order valence-electron chi connectivity index (χ1n) is 7.34. The minimum atomic E-state index is -0.670. The van der Waals surface area contributed by atoms with Crippen LogP contribution >= 0.6 is 0 Å². The molecule has 5 nitrogen and oxygen atoms in total. The fourth-order valence-corrected chi connectivity index (χ4v) is 3.03. The Bertz CT molecular complexity index is 713. The summed E-state index contributed by atoms with van der Waals surface area (Å²) in [6.07, 6.45) is -0.670. The van der Waals surface area contributed by atoms with Crippen molar-refractivity contribution in [3.8, 4) is 0 Å². The molecule has 0 spiro atoms. The van der Waals surface area contributed by atoms with E-state index in [1.54, 1.807) is 28.6 Å². The van der Waals surface area contributed by atoms with E-state index in [-0.39, 0.29) is 24.4 Å². The molecule has 0 aliphatic carbocycles. The Labute approximate surface area is 127 Å². The van der Waals surface area contributed by atoms with Gasteiger partial charge in [0.25, 0.3) is 5.91 Å². The van der Waals surface area contributed by atoms with Gasteiger partial charge in [0.15, 0.2) is 0 Å². The van der Waals surface area contributed by atoms with Gasteiger partial charge in [0.2, 0.25) is 0 Å². The zero-order chi connectivity index (χ0) is 15.9. The highest BCUT2D eigenvalue weighted by Crippen LogP contribution is 2.23. The largest absolute Gasteiger partial charge is 0.388 e. The summed E-state index contributed by atoms with van der Waals surface area (Å²) in [7, 11) is 1.78.